The highest BCUT2D eigenvalue weighted by atomic mass is 19.3. The maximum Gasteiger partial charge on any atom is 0.334 e. The molecule has 104 valence electrons. The van der Waals surface area contributed by atoms with Gasteiger partial charge in [0.25, 0.3) is 6.43 Å². The van der Waals surface area contributed by atoms with E-state index in [1.807, 2.05) is 4.90 Å². The molecule has 2 rings (SSSR count). The molecule has 0 amide bonds. The van der Waals surface area contributed by atoms with Crippen LogP contribution in [0.3, 0.4) is 0 Å². The monoisotopic (exact) mass is 271 g/mol. The third kappa shape index (κ3) is 3.71. The van der Waals surface area contributed by atoms with Crippen molar-refractivity contribution in [3.05, 3.63) is 35.4 Å². The van der Waals surface area contributed by atoms with Gasteiger partial charge in [-0.15, -0.1) is 0 Å². The number of carboxylic acid groups (broad SMARTS) is 1. The lowest BCUT2D eigenvalue weighted by Gasteiger charge is -2.30. The molecule has 1 aromatic carbocycles. The number of nitrogens with zero attached hydrogens (tertiary/aromatic N) is 1. The molecule has 1 aliphatic rings. The first kappa shape index (κ1) is 13.9. The van der Waals surface area contributed by atoms with Crippen LogP contribution in [0.5, 0.6) is 0 Å². The SMILES string of the molecule is O=C(O)C1CN(Cc2cccc(C(F)F)c2)CCO1. The summed E-state index contributed by atoms with van der Waals surface area (Å²) in [6.45, 7) is 1.66. The number of carboxylic acids is 1. The Morgan fingerprint density at radius 3 is 3.00 bits per heavy atom. The van der Waals surface area contributed by atoms with Crippen molar-refractivity contribution in [1.82, 2.24) is 4.90 Å². The fraction of sp³-hybridized carbons (Fsp3) is 0.462. The Kier molecular flexibility index (Phi) is 4.44. The van der Waals surface area contributed by atoms with Crippen molar-refractivity contribution >= 4 is 5.97 Å². The van der Waals surface area contributed by atoms with E-state index in [2.05, 4.69) is 0 Å². The van der Waals surface area contributed by atoms with Gasteiger partial charge in [0.2, 0.25) is 0 Å². The number of rotatable bonds is 4. The van der Waals surface area contributed by atoms with Crippen LogP contribution in [0, 0.1) is 0 Å². The summed E-state index contributed by atoms with van der Waals surface area (Å²) >= 11 is 0. The molecule has 1 unspecified atom stereocenters. The van der Waals surface area contributed by atoms with Crippen LogP contribution in [0.25, 0.3) is 0 Å². The first-order valence-corrected chi connectivity index (χ1v) is 6.00. The molecule has 1 aliphatic heterocycles. The zero-order valence-electron chi connectivity index (χ0n) is 10.3. The Morgan fingerprint density at radius 2 is 2.32 bits per heavy atom. The fourth-order valence-corrected chi connectivity index (χ4v) is 2.08. The van der Waals surface area contributed by atoms with E-state index in [0.29, 0.717) is 19.7 Å². The van der Waals surface area contributed by atoms with Crippen LogP contribution in [0.4, 0.5) is 8.78 Å². The van der Waals surface area contributed by atoms with Crippen LogP contribution in [-0.4, -0.2) is 41.8 Å². The van der Waals surface area contributed by atoms with Gasteiger partial charge in [0, 0.05) is 25.2 Å². The predicted octanol–water partition coefficient (Wildman–Crippen LogP) is 1.91. The van der Waals surface area contributed by atoms with Gasteiger partial charge < -0.3 is 9.84 Å². The summed E-state index contributed by atoms with van der Waals surface area (Å²) in [6, 6.07) is 6.19. The number of ether oxygens (including phenoxy) is 1. The number of hydrogen-bond acceptors (Lipinski definition) is 3. The van der Waals surface area contributed by atoms with E-state index in [9.17, 15) is 13.6 Å². The Bertz CT molecular complexity index is 453. The fourth-order valence-electron chi connectivity index (χ4n) is 2.08. The quantitative estimate of drug-likeness (QED) is 0.908. The highest BCUT2D eigenvalue weighted by Gasteiger charge is 2.26. The normalized spacial score (nSPS) is 20.7. The van der Waals surface area contributed by atoms with Gasteiger partial charge in [-0.05, 0) is 11.6 Å². The molecule has 1 fully saturated rings. The molecule has 0 spiro atoms. The van der Waals surface area contributed by atoms with Crippen LogP contribution in [0.2, 0.25) is 0 Å². The number of aliphatic carboxylic acids is 1. The second-order valence-corrected chi connectivity index (χ2v) is 4.48. The smallest absolute Gasteiger partial charge is 0.334 e. The number of benzene rings is 1. The number of morpholine rings is 1. The van der Waals surface area contributed by atoms with Crippen LogP contribution in [0.15, 0.2) is 24.3 Å². The molecule has 1 atom stereocenters. The minimum absolute atomic E-state index is 0.0134. The molecule has 1 heterocycles. The zero-order valence-corrected chi connectivity index (χ0v) is 10.3. The molecule has 0 aliphatic carbocycles. The van der Waals surface area contributed by atoms with Gasteiger partial charge >= 0.3 is 5.97 Å². The highest BCUT2D eigenvalue weighted by molar-refractivity contribution is 5.72. The van der Waals surface area contributed by atoms with Gasteiger partial charge in [-0.1, -0.05) is 18.2 Å². The number of alkyl halides is 2. The molecule has 0 saturated carbocycles. The summed E-state index contributed by atoms with van der Waals surface area (Å²) in [4.78, 5) is 12.7. The second kappa shape index (κ2) is 6.08. The van der Waals surface area contributed by atoms with Crippen molar-refractivity contribution in [3.8, 4) is 0 Å². The average molecular weight is 271 g/mol. The van der Waals surface area contributed by atoms with E-state index in [1.54, 1.807) is 12.1 Å². The van der Waals surface area contributed by atoms with Gasteiger partial charge in [-0.2, -0.15) is 0 Å². The lowest BCUT2D eigenvalue weighted by atomic mass is 10.1. The largest absolute Gasteiger partial charge is 0.479 e. The summed E-state index contributed by atoms with van der Waals surface area (Å²) in [5, 5.41) is 8.89. The summed E-state index contributed by atoms with van der Waals surface area (Å²) in [5.74, 6) is -0.994. The van der Waals surface area contributed by atoms with E-state index in [0.717, 1.165) is 5.56 Å². The van der Waals surface area contributed by atoms with Crippen molar-refractivity contribution in [2.45, 2.75) is 19.1 Å². The van der Waals surface area contributed by atoms with Crippen LogP contribution >= 0.6 is 0 Å². The third-order valence-corrected chi connectivity index (χ3v) is 3.04. The maximum absolute atomic E-state index is 12.6. The van der Waals surface area contributed by atoms with Crippen molar-refractivity contribution in [2.24, 2.45) is 0 Å². The molecule has 1 saturated heterocycles. The first-order chi connectivity index (χ1) is 9.06. The number of halogens is 2. The molecular formula is C13H15F2NO3. The molecule has 1 N–H and O–H groups in total. The summed E-state index contributed by atoms with van der Waals surface area (Å²) in [5.41, 5.74) is 0.740. The molecule has 0 radical (unpaired) electrons. The molecule has 6 heteroatoms. The zero-order chi connectivity index (χ0) is 13.8. The highest BCUT2D eigenvalue weighted by Crippen LogP contribution is 2.20. The van der Waals surface area contributed by atoms with Gasteiger partial charge in [0.1, 0.15) is 0 Å². The van der Waals surface area contributed by atoms with E-state index in [1.165, 1.54) is 12.1 Å². The molecule has 1 aromatic rings. The lowest BCUT2D eigenvalue weighted by Crippen LogP contribution is -2.45. The number of carbonyl (C=O) groups is 1. The van der Waals surface area contributed by atoms with E-state index in [-0.39, 0.29) is 12.1 Å². The van der Waals surface area contributed by atoms with E-state index < -0.39 is 18.5 Å². The summed E-state index contributed by atoms with van der Waals surface area (Å²) in [7, 11) is 0. The standard InChI is InChI=1S/C13H15F2NO3/c14-12(15)10-3-1-2-9(6-10)7-16-4-5-19-11(8-16)13(17)18/h1-3,6,11-12H,4-5,7-8H2,(H,17,18). The average Bonchev–Trinajstić information content (AvgIpc) is 2.39. The number of hydrogen-bond donors (Lipinski definition) is 1. The second-order valence-electron chi connectivity index (χ2n) is 4.48. The molecule has 0 bridgehead atoms. The van der Waals surface area contributed by atoms with Crippen molar-refractivity contribution < 1.29 is 23.4 Å². The third-order valence-electron chi connectivity index (χ3n) is 3.04. The van der Waals surface area contributed by atoms with Crippen LogP contribution in [-0.2, 0) is 16.1 Å². The minimum atomic E-state index is -2.49. The van der Waals surface area contributed by atoms with Crippen molar-refractivity contribution in [2.75, 3.05) is 19.7 Å². The lowest BCUT2D eigenvalue weighted by molar-refractivity contribution is -0.156. The van der Waals surface area contributed by atoms with E-state index >= 15 is 0 Å². The Morgan fingerprint density at radius 1 is 1.53 bits per heavy atom. The summed E-state index contributed by atoms with van der Waals surface area (Å²) in [6.07, 6.45) is -3.33. The predicted molar refractivity (Wildman–Crippen MR) is 64.1 cm³/mol. The van der Waals surface area contributed by atoms with Crippen molar-refractivity contribution in [3.63, 3.8) is 0 Å². The Hall–Kier alpha value is -1.53. The van der Waals surface area contributed by atoms with Crippen molar-refractivity contribution in [1.29, 1.82) is 0 Å². The molecule has 0 aromatic heterocycles. The molecule has 19 heavy (non-hydrogen) atoms. The van der Waals surface area contributed by atoms with Gasteiger partial charge in [-0.25, -0.2) is 13.6 Å². The Labute approximate surface area is 109 Å². The Balaban J connectivity index is 2.00. The van der Waals surface area contributed by atoms with Gasteiger partial charge in [0.05, 0.1) is 6.61 Å². The molecular weight excluding hydrogens is 256 g/mol. The summed E-state index contributed by atoms with van der Waals surface area (Å²) < 4.78 is 30.3. The topological polar surface area (TPSA) is 49.8 Å². The first-order valence-electron chi connectivity index (χ1n) is 6.00. The van der Waals surface area contributed by atoms with Gasteiger partial charge in [0.15, 0.2) is 6.10 Å². The minimum Gasteiger partial charge on any atom is -0.479 e. The van der Waals surface area contributed by atoms with E-state index in [4.69, 9.17) is 9.84 Å². The maximum atomic E-state index is 12.6. The van der Waals surface area contributed by atoms with Crippen LogP contribution in [0.1, 0.15) is 17.6 Å². The van der Waals surface area contributed by atoms with Crippen LogP contribution < -0.4 is 0 Å². The molecule has 4 nitrogen and oxygen atoms in total. The van der Waals surface area contributed by atoms with Gasteiger partial charge in [-0.3, -0.25) is 4.90 Å².